The highest BCUT2D eigenvalue weighted by Crippen LogP contribution is 3.02. The highest BCUT2D eigenvalue weighted by Gasteiger charge is 2.65. The van der Waals surface area contributed by atoms with Gasteiger partial charge >= 0.3 is 16.3 Å². The number of aromatic nitrogens is 1. The van der Waals surface area contributed by atoms with Crippen molar-refractivity contribution in [2.45, 2.75) is 94.3 Å². The standard InChI is InChI=1S/C20H21F8N3OS.C11H19NO3/c1-31(16-2-4-17(5-3-16)33(24,25,26,27)28)18(13-10-14(21)12-29-11-13)19(32)30-15-6-8-20(22,23)9-7-15;1-8-5-9(7-13)12(6-8)10(14)15-11(2,3)4/h2-5,10-12,15,18H,6-9H2,1H3,(H,30,32);7-9H,5-6H2,1-4H3. The summed E-state index contributed by atoms with van der Waals surface area (Å²) in [6, 6.07) is 0.723. The molecule has 1 aromatic heterocycles. The van der Waals surface area contributed by atoms with Crippen LogP contribution in [0.4, 0.5) is 43.1 Å². The van der Waals surface area contributed by atoms with E-state index in [4.69, 9.17) is 4.74 Å². The molecule has 0 bridgehead atoms. The van der Waals surface area contributed by atoms with Crippen LogP contribution in [0.15, 0.2) is 47.6 Å². The van der Waals surface area contributed by atoms with Crippen molar-refractivity contribution in [1.82, 2.24) is 15.2 Å². The Bertz CT molecular complexity index is 1460. The van der Waals surface area contributed by atoms with Gasteiger partial charge in [0.2, 0.25) is 11.8 Å². The number of nitrogens with one attached hydrogen (secondary N) is 1. The van der Waals surface area contributed by atoms with Crippen molar-refractivity contribution < 1.29 is 51.7 Å². The Kier molecular flexibility index (Phi) is 10.8. The smallest absolute Gasteiger partial charge is 0.410 e. The first-order valence-electron chi connectivity index (χ1n) is 15.1. The number of benzene rings is 1. The average Bonchev–Trinajstić information content (AvgIpc) is 3.34. The average molecular weight is 717 g/mol. The predicted octanol–water partition coefficient (Wildman–Crippen LogP) is 8.58. The molecule has 8 nitrogen and oxygen atoms in total. The summed E-state index contributed by atoms with van der Waals surface area (Å²) < 4.78 is 111. The van der Waals surface area contributed by atoms with Gasteiger partial charge in [0.15, 0.2) is 0 Å². The maximum absolute atomic E-state index is 13.8. The summed E-state index contributed by atoms with van der Waals surface area (Å²) in [7, 11) is -8.58. The molecule has 48 heavy (non-hydrogen) atoms. The van der Waals surface area contributed by atoms with E-state index in [1.807, 2.05) is 27.7 Å². The Balaban J connectivity index is 0.000000348. The number of amides is 2. The van der Waals surface area contributed by atoms with Gasteiger partial charge in [-0.2, -0.15) is 0 Å². The van der Waals surface area contributed by atoms with Crippen LogP contribution in [0, 0.1) is 11.7 Å². The number of rotatable bonds is 7. The number of anilines is 1. The topological polar surface area (TPSA) is 91.8 Å². The molecule has 1 aliphatic heterocycles. The molecule has 1 N–H and O–H groups in total. The van der Waals surface area contributed by atoms with E-state index in [2.05, 4.69) is 10.3 Å². The molecular weight excluding hydrogens is 676 g/mol. The number of alkyl halides is 2. The van der Waals surface area contributed by atoms with Gasteiger partial charge in [-0.15, -0.1) is 0 Å². The molecule has 2 fully saturated rings. The first kappa shape index (κ1) is 38.8. The van der Waals surface area contributed by atoms with Crippen molar-refractivity contribution in [3.8, 4) is 0 Å². The Morgan fingerprint density at radius 3 is 2.17 bits per heavy atom. The number of nitrogens with zero attached hydrogens (tertiary/aromatic N) is 3. The highest BCUT2D eigenvalue weighted by molar-refractivity contribution is 8.45. The summed E-state index contributed by atoms with van der Waals surface area (Å²) in [6.45, 7) is 8.10. The molecule has 2 heterocycles. The molecule has 3 atom stereocenters. The van der Waals surface area contributed by atoms with Gasteiger partial charge in [-0.05, 0) is 76.3 Å². The van der Waals surface area contributed by atoms with Gasteiger partial charge in [0.25, 0.3) is 0 Å². The zero-order chi connectivity index (χ0) is 36.4. The molecule has 2 aromatic rings. The molecule has 2 amide bonds. The van der Waals surface area contributed by atoms with Crippen molar-refractivity contribution in [3.63, 3.8) is 0 Å². The van der Waals surface area contributed by atoms with Crippen LogP contribution >= 0.6 is 10.2 Å². The molecule has 1 saturated heterocycles. The van der Waals surface area contributed by atoms with Crippen molar-refractivity contribution in [2.24, 2.45) is 5.92 Å². The minimum Gasteiger partial charge on any atom is -0.444 e. The zero-order valence-electron chi connectivity index (χ0n) is 27.1. The second-order valence-corrected chi connectivity index (χ2v) is 15.6. The molecule has 1 aliphatic carbocycles. The summed E-state index contributed by atoms with van der Waals surface area (Å²) in [5.41, 5.74) is -0.510. The molecule has 4 rings (SSSR count). The molecule has 270 valence electrons. The molecule has 0 spiro atoms. The van der Waals surface area contributed by atoms with E-state index in [1.165, 1.54) is 23.0 Å². The number of likely N-dealkylation sites (tertiary alicyclic amines) is 1. The predicted molar refractivity (Wildman–Crippen MR) is 165 cm³/mol. The third kappa shape index (κ3) is 11.0. The fraction of sp³-hybridized carbons (Fsp3) is 0.548. The van der Waals surface area contributed by atoms with E-state index in [9.17, 15) is 47.0 Å². The number of hydrogen-bond acceptors (Lipinski definition) is 6. The molecule has 2 aliphatic rings. The van der Waals surface area contributed by atoms with E-state index in [0.717, 1.165) is 37.1 Å². The van der Waals surface area contributed by atoms with E-state index in [-0.39, 0.29) is 48.4 Å². The molecule has 0 radical (unpaired) electrons. The first-order valence-corrected chi connectivity index (χ1v) is 17.0. The minimum atomic E-state index is -9.88. The summed E-state index contributed by atoms with van der Waals surface area (Å²) in [4.78, 5) is 39.8. The van der Waals surface area contributed by atoms with Crippen molar-refractivity contribution >= 4 is 34.2 Å². The maximum atomic E-state index is 13.8. The summed E-state index contributed by atoms with van der Waals surface area (Å²) in [5.74, 6) is -3.97. The van der Waals surface area contributed by atoms with Crippen molar-refractivity contribution in [1.29, 1.82) is 0 Å². The van der Waals surface area contributed by atoms with E-state index in [1.54, 1.807) is 0 Å². The second kappa shape index (κ2) is 13.3. The van der Waals surface area contributed by atoms with Crippen molar-refractivity contribution in [3.05, 3.63) is 54.1 Å². The van der Waals surface area contributed by atoms with Gasteiger partial charge in [-0.25, -0.2) is 18.0 Å². The third-order valence-electron chi connectivity index (χ3n) is 7.77. The number of hydrogen-bond donors (Lipinski definition) is 1. The number of halogens is 8. The van der Waals surface area contributed by atoms with Crippen LogP contribution in [0.2, 0.25) is 0 Å². The lowest BCUT2D eigenvalue weighted by Gasteiger charge is -2.40. The number of pyridine rings is 1. The fourth-order valence-corrected chi connectivity index (χ4v) is 6.08. The largest absolute Gasteiger partial charge is 0.444 e. The molecule has 1 aromatic carbocycles. The second-order valence-electron chi connectivity index (χ2n) is 13.2. The van der Waals surface area contributed by atoms with Gasteiger partial charge in [-0.1, -0.05) is 26.4 Å². The van der Waals surface area contributed by atoms with Gasteiger partial charge in [-0.3, -0.25) is 14.7 Å². The first-order chi connectivity index (χ1) is 21.8. The minimum absolute atomic E-state index is 0.00910. The van der Waals surface area contributed by atoms with Crippen molar-refractivity contribution in [2.75, 3.05) is 18.5 Å². The van der Waals surface area contributed by atoms with Crippen LogP contribution in [0.1, 0.15) is 71.4 Å². The number of carbonyl (C=O) groups excluding carboxylic acids is 3. The fourth-order valence-electron chi connectivity index (χ4n) is 5.43. The third-order valence-corrected chi connectivity index (χ3v) is 8.93. The number of carbonyl (C=O) groups is 3. The van der Waals surface area contributed by atoms with E-state index >= 15 is 0 Å². The Labute approximate surface area is 273 Å². The number of ether oxygens (including phenoxy) is 1. The maximum Gasteiger partial charge on any atom is 0.410 e. The Hall–Kier alpha value is -3.63. The Morgan fingerprint density at radius 2 is 1.67 bits per heavy atom. The van der Waals surface area contributed by atoms with Crippen LogP contribution < -0.4 is 10.2 Å². The number of likely N-dealkylation sites (N-methyl/N-ethyl adjacent to an activating group) is 1. The lowest BCUT2D eigenvalue weighted by Crippen LogP contribution is -2.46. The lowest BCUT2D eigenvalue weighted by atomic mass is 9.92. The van der Waals surface area contributed by atoms with E-state index in [0.29, 0.717) is 12.5 Å². The summed E-state index contributed by atoms with van der Waals surface area (Å²) in [5, 5.41) is 2.61. The molecule has 1 saturated carbocycles. The quantitative estimate of drug-likeness (QED) is 0.228. The molecular formula is C31H40F8N4O4S. The van der Waals surface area contributed by atoms with E-state index < -0.39 is 63.3 Å². The molecule has 3 unspecified atom stereocenters. The van der Waals surface area contributed by atoms with Gasteiger partial charge in [0, 0.05) is 49.9 Å². The highest BCUT2D eigenvalue weighted by atomic mass is 32.5. The normalized spacial score (nSPS) is 21.9. The summed E-state index contributed by atoms with van der Waals surface area (Å²) >= 11 is 0. The molecule has 17 heteroatoms. The zero-order valence-corrected chi connectivity index (χ0v) is 27.9. The van der Waals surface area contributed by atoms with Gasteiger partial charge < -0.3 is 19.7 Å². The van der Waals surface area contributed by atoms with Crippen LogP contribution in [-0.2, 0) is 14.3 Å². The van der Waals surface area contributed by atoms with Crippen LogP contribution in [-0.4, -0.2) is 65.4 Å². The van der Waals surface area contributed by atoms with Gasteiger partial charge in [0.1, 0.15) is 28.6 Å². The van der Waals surface area contributed by atoms with Gasteiger partial charge in [0.05, 0.1) is 12.2 Å². The summed E-state index contributed by atoms with van der Waals surface area (Å²) in [6.07, 6.45) is 2.41. The SMILES string of the molecule is CC1CC(C=O)N(C(=O)OC(C)(C)C)C1.CN(c1ccc(S(F)(F)(F)(F)F)cc1)C(C(=O)NC1CCC(F)(F)CC1)c1cncc(F)c1. The van der Waals surface area contributed by atoms with Crippen LogP contribution in [0.5, 0.6) is 0 Å². The lowest BCUT2D eigenvalue weighted by molar-refractivity contribution is -0.124. The monoisotopic (exact) mass is 716 g/mol. The Morgan fingerprint density at radius 1 is 1.08 bits per heavy atom. The van der Waals surface area contributed by atoms with Crippen LogP contribution in [0.3, 0.4) is 0 Å². The number of aldehydes is 1. The van der Waals surface area contributed by atoms with Crippen LogP contribution in [0.25, 0.3) is 0 Å².